The van der Waals surface area contributed by atoms with Gasteiger partial charge in [0.15, 0.2) is 0 Å². The van der Waals surface area contributed by atoms with E-state index in [0.29, 0.717) is 13.0 Å². The molecule has 2 heterocycles. The average Bonchev–Trinajstić information content (AvgIpc) is 3.09. The van der Waals surface area contributed by atoms with Gasteiger partial charge in [-0.15, -0.1) is 0 Å². The van der Waals surface area contributed by atoms with Crippen LogP contribution in [0.5, 0.6) is 0 Å². The van der Waals surface area contributed by atoms with E-state index in [4.69, 9.17) is 0 Å². The van der Waals surface area contributed by atoms with Gasteiger partial charge in [0.1, 0.15) is 0 Å². The maximum Gasteiger partial charge on any atom is 0.216 e. The molecule has 1 aliphatic carbocycles. The fourth-order valence-corrected chi connectivity index (χ4v) is 4.40. The van der Waals surface area contributed by atoms with Gasteiger partial charge in [-0.2, -0.15) is 0 Å². The quantitative estimate of drug-likeness (QED) is 0.889. The van der Waals surface area contributed by atoms with Gasteiger partial charge in [0.2, 0.25) is 10.0 Å². The number of sulfonamides is 1. The Morgan fingerprint density at radius 1 is 1.35 bits per heavy atom. The van der Waals surface area contributed by atoms with Gasteiger partial charge < -0.3 is 0 Å². The highest BCUT2D eigenvalue weighted by Gasteiger charge is 2.38. The van der Waals surface area contributed by atoms with Crippen LogP contribution in [0.2, 0.25) is 0 Å². The molecule has 0 bridgehead atoms. The van der Waals surface area contributed by atoms with Crippen molar-refractivity contribution in [3.05, 3.63) is 30.1 Å². The number of likely N-dealkylation sites (tertiary alicyclic amines) is 1. The summed E-state index contributed by atoms with van der Waals surface area (Å²) >= 11 is 0. The summed E-state index contributed by atoms with van der Waals surface area (Å²) in [5.74, 6) is 0. The minimum Gasteiger partial charge on any atom is -0.294 e. The predicted molar refractivity (Wildman–Crippen MR) is 77.7 cm³/mol. The second kappa shape index (κ2) is 5.42. The molecule has 0 unspecified atom stereocenters. The molecular weight excluding hydrogens is 274 g/mol. The maximum absolute atomic E-state index is 12.2. The van der Waals surface area contributed by atoms with Gasteiger partial charge in [-0.05, 0) is 38.3 Å². The van der Waals surface area contributed by atoms with Crippen molar-refractivity contribution in [2.75, 3.05) is 13.1 Å². The molecule has 1 aromatic heterocycles. The summed E-state index contributed by atoms with van der Waals surface area (Å²) in [6, 6.07) is 6.22. The minimum atomic E-state index is -3.16. The maximum atomic E-state index is 12.2. The number of hydrogen-bond donors (Lipinski definition) is 1. The number of nitrogens with one attached hydrogen (secondary N) is 1. The van der Waals surface area contributed by atoms with E-state index in [2.05, 4.69) is 21.5 Å². The molecule has 6 heteroatoms. The lowest BCUT2D eigenvalue weighted by atomic mass is 10.2. The zero-order chi connectivity index (χ0) is 14.2. The Balaban J connectivity index is 1.64. The molecule has 1 aromatic rings. The lowest BCUT2D eigenvalue weighted by molar-refractivity contribution is 0.258. The van der Waals surface area contributed by atoms with Crippen molar-refractivity contribution in [1.82, 2.24) is 14.6 Å². The molecule has 110 valence electrons. The summed E-state index contributed by atoms with van der Waals surface area (Å²) in [4.78, 5) is 6.57. The summed E-state index contributed by atoms with van der Waals surface area (Å²) < 4.78 is 27.3. The largest absolute Gasteiger partial charge is 0.294 e. The van der Waals surface area contributed by atoms with E-state index in [1.165, 1.54) is 0 Å². The molecule has 1 saturated heterocycles. The third kappa shape index (κ3) is 3.02. The van der Waals surface area contributed by atoms with Crippen LogP contribution in [-0.2, 0) is 10.0 Å². The van der Waals surface area contributed by atoms with Crippen LogP contribution < -0.4 is 4.72 Å². The van der Waals surface area contributed by atoms with Crippen molar-refractivity contribution in [3.63, 3.8) is 0 Å². The Kier molecular flexibility index (Phi) is 3.79. The van der Waals surface area contributed by atoms with Crippen LogP contribution >= 0.6 is 0 Å². The predicted octanol–water partition coefficient (Wildman–Crippen LogP) is 1.30. The normalized spacial score (nSPS) is 25.8. The number of hydrogen-bond acceptors (Lipinski definition) is 4. The summed E-state index contributed by atoms with van der Waals surface area (Å²) in [6.07, 6.45) is 4.46. The molecule has 1 N–H and O–H groups in total. The first kappa shape index (κ1) is 14.0. The Labute approximate surface area is 120 Å². The van der Waals surface area contributed by atoms with E-state index in [1.807, 2.05) is 18.2 Å². The summed E-state index contributed by atoms with van der Waals surface area (Å²) in [7, 11) is -3.16. The van der Waals surface area contributed by atoms with Gasteiger partial charge >= 0.3 is 0 Å². The first-order chi connectivity index (χ1) is 9.56. The van der Waals surface area contributed by atoms with Gasteiger partial charge in [0.25, 0.3) is 0 Å². The monoisotopic (exact) mass is 295 g/mol. The van der Waals surface area contributed by atoms with Gasteiger partial charge in [-0.1, -0.05) is 6.07 Å². The number of rotatable bonds is 5. The topological polar surface area (TPSA) is 62.3 Å². The fraction of sp³-hybridized carbons (Fsp3) is 0.643. The van der Waals surface area contributed by atoms with Crippen molar-refractivity contribution >= 4 is 10.0 Å². The Morgan fingerprint density at radius 3 is 2.80 bits per heavy atom. The molecule has 20 heavy (non-hydrogen) atoms. The molecule has 0 radical (unpaired) electrons. The van der Waals surface area contributed by atoms with Gasteiger partial charge in [-0.25, -0.2) is 13.1 Å². The van der Waals surface area contributed by atoms with E-state index >= 15 is 0 Å². The lowest BCUT2D eigenvalue weighted by Crippen LogP contribution is -2.37. The van der Waals surface area contributed by atoms with Crippen molar-refractivity contribution in [3.8, 4) is 0 Å². The molecule has 1 saturated carbocycles. The first-order valence-corrected chi connectivity index (χ1v) is 8.77. The van der Waals surface area contributed by atoms with Crippen LogP contribution in [0.1, 0.15) is 37.9 Å². The van der Waals surface area contributed by atoms with E-state index in [1.54, 1.807) is 6.20 Å². The van der Waals surface area contributed by atoms with Crippen molar-refractivity contribution < 1.29 is 8.42 Å². The van der Waals surface area contributed by atoms with Crippen molar-refractivity contribution in [1.29, 1.82) is 0 Å². The number of nitrogens with zero attached hydrogens (tertiary/aromatic N) is 2. The highest BCUT2D eigenvalue weighted by atomic mass is 32.2. The van der Waals surface area contributed by atoms with Crippen molar-refractivity contribution in [2.24, 2.45) is 0 Å². The zero-order valence-corrected chi connectivity index (χ0v) is 12.5. The molecule has 0 aromatic carbocycles. The van der Waals surface area contributed by atoms with Gasteiger partial charge in [-0.3, -0.25) is 9.88 Å². The highest BCUT2D eigenvalue weighted by molar-refractivity contribution is 7.90. The minimum absolute atomic E-state index is 0.164. The first-order valence-electron chi connectivity index (χ1n) is 7.22. The second-order valence-corrected chi connectivity index (χ2v) is 7.77. The lowest BCUT2D eigenvalue weighted by Gasteiger charge is -2.23. The van der Waals surface area contributed by atoms with Crippen LogP contribution in [0.4, 0.5) is 0 Å². The Hall–Kier alpha value is -0.980. The van der Waals surface area contributed by atoms with Crippen LogP contribution in [-0.4, -0.2) is 42.7 Å². The van der Waals surface area contributed by atoms with Crippen LogP contribution in [0.3, 0.4) is 0 Å². The second-order valence-electron chi connectivity index (χ2n) is 5.77. The summed E-state index contributed by atoms with van der Waals surface area (Å²) in [6.45, 7) is 3.50. The molecule has 3 rings (SSSR count). The van der Waals surface area contributed by atoms with E-state index < -0.39 is 10.0 Å². The van der Waals surface area contributed by atoms with E-state index in [-0.39, 0.29) is 17.3 Å². The third-order valence-corrected chi connectivity index (χ3v) is 6.11. The molecule has 1 aliphatic heterocycles. The molecule has 2 fully saturated rings. The molecule has 5 nitrogen and oxygen atoms in total. The Morgan fingerprint density at radius 2 is 2.15 bits per heavy atom. The zero-order valence-electron chi connectivity index (χ0n) is 11.7. The molecule has 0 amide bonds. The molecule has 0 spiro atoms. The molecule has 2 aliphatic rings. The average molecular weight is 295 g/mol. The molecular formula is C14H21N3O2S. The van der Waals surface area contributed by atoms with E-state index in [0.717, 1.165) is 25.1 Å². The third-order valence-electron chi connectivity index (χ3n) is 4.19. The van der Waals surface area contributed by atoms with Crippen LogP contribution in [0.15, 0.2) is 24.4 Å². The van der Waals surface area contributed by atoms with Crippen LogP contribution in [0, 0.1) is 0 Å². The summed E-state index contributed by atoms with van der Waals surface area (Å²) in [5.41, 5.74) is 1.00. The number of pyridine rings is 1. The SMILES string of the molecule is C[C@H](c1ccccn1)N1CC[C@@H](S(=O)(=O)NC2CC2)C1. The van der Waals surface area contributed by atoms with Crippen molar-refractivity contribution in [2.45, 2.75) is 43.5 Å². The smallest absolute Gasteiger partial charge is 0.216 e. The Bertz CT molecular complexity index is 557. The fourth-order valence-electron chi connectivity index (χ4n) is 2.70. The molecule has 2 atom stereocenters. The highest BCUT2D eigenvalue weighted by Crippen LogP contribution is 2.27. The standard InChI is InChI=1S/C14H21N3O2S/c1-11(14-4-2-3-8-15-14)17-9-7-13(10-17)20(18,19)16-12-5-6-12/h2-4,8,11-13,16H,5-7,9-10H2,1H3/t11-,13-/m1/s1. The summed E-state index contributed by atoms with van der Waals surface area (Å²) in [5, 5.41) is -0.283. The van der Waals surface area contributed by atoms with E-state index in [9.17, 15) is 8.42 Å². The number of aromatic nitrogens is 1. The van der Waals surface area contributed by atoms with Gasteiger partial charge in [0, 0.05) is 31.4 Å². The van der Waals surface area contributed by atoms with Crippen LogP contribution in [0.25, 0.3) is 0 Å². The van der Waals surface area contributed by atoms with Gasteiger partial charge in [0.05, 0.1) is 10.9 Å².